The number of rotatable bonds is 5. The standard InChI is InChI=1S/C15H14Cl3FN2O3/c1-3-24-15(23)9(12(20)6-4-7(6)19)13(22)8-5(2)21-14(18)11(17)10(8)16/h6-7H,3-4,20H2,1-2H3/t6-,7-/m0/s1. The van der Waals surface area contributed by atoms with Gasteiger partial charge in [0, 0.05) is 11.6 Å². The molecule has 1 aliphatic rings. The number of pyridine rings is 1. The highest BCUT2D eigenvalue weighted by Crippen LogP contribution is 2.41. The third-order valence-electron chi connectivity index (χ3n) is 3.56. The van der Waals surface area contributed by atoms with Gasteiger partial charge in [-0.1, -0.05) is 34.8 Å². The fourth-order valence-electron chi connectivity index (χ4n) is 2.22. The zero-order valence-corrected chi connectivity index (χ0v) is 15.1. The molecule has 1 heterocycles. The van der Waals surface area contributed by atoms with E-state index < -0.39 is 29.4 Å². The monoisotopic (exact) mass is 394 g/mol. The second-order valence-electron chi connectivity index (χ2n) is 5.23. The zero-order chi connectivity index (χ0) is 18.2. The van der Waals surface area contributed by atoms with Crippen LogP contribution in [0.2, 0.25) is 15.2 Å². The zero-order valence-electron chi connectivity index (χ0n) is 12.8. The lowest BCUT2D eigenvalue weighted by Crippen LogP contribution is -2.24. The Kier molecular flexibility index (Phi) is 5.73. The predicted octanol–water partition coefficient (Wildman–Crippen LogP) is 3.67. The van der Waals surface area contributed by atoms with Gasteiger partial charge in [-0.25, -0.2) is 14.2 Å². The van der Waals surface area contributed by atoms with E-state index in [-0.39, 0.29) is 45.2 Å². The van der Waals surface area contributed by atoms with E-state index in [2.05, 4.69) is 4.98 Å². The first-order chi connectivity index (χ1) is 11.2. The summed E-state index contributed by atoms with van der Waals surface area (Å²) in [6.07, 6.45) is -1.04. The minimum atomic E-state index is -1.19. The fraction of sp³-hybridized carbons (Fsp3) is 0.400. The Balaban J connectivity index is 2.58. The molecular weight excluding hydrogens is 382 g/mol. The summed E-state index contributed by atoms with van der Waals surface area (Å²) < 4.78 is 18.2. The lowest BCUT2D eigenvalue weighted by Gasteiger charge is -2.13. The average molecular weight is 396 g/mol. The molecule has 2 rings (SSSR count). The Hall–Kier alpha value is -1.37. The molecule has 1 saturated carbocycles. The van der Waals surface area contributed by atoms with Gasteiger partial charge in [0.2, 0.25) is 5.78 Å². The molecule has 0 unspecified atom stereocenters. The van der Waals surface area contributed by atoms with Crippen LogP contribution in [0.1, 0.15) is 29.4 Å². The number of hydrogen-bond acceptors (Lipinski definition) is 5. The van der Waals surface area contributed by atoms with Crippen LogP contribution >= 0.6 is 34.8 Å². The summed E-state index contributed by atoms with van der Waals surface area (Å²) in [7, 11) is 0. The van der Waals surface area contributed by atoms with Crippen LogP contribution in [0.3, 0.4) is 0 Å². The van der Waals surface area contributed by atoms with Crippen LogP contribution in [0.4, 0.5) is 4.39 Å². The number of allylic oxidation sites excluding steroid dienone is 1. The highest BCUT2D eigenvalue weighted by molar-refractivity contribution is 6.49. The number of carbonyl (C=O) groups is 2. The lowest BCUT2D eigenvalue weighted by atomic mass is 9.99. The normalized spacial score (nSPS) is 20.4. The van der Waals surface area contributed by atoms with E-state index in [1.807, 2.05) is 0 Å². The summed E-state index contributed by atoms with van der Waals surface area (Å²) in [5.41, 5.74) is 5.29. The molecule has 0 aromatic carbocycles. The molecule has 2 atom stereocenters. The Morgan fingerprint density at radius 2 is 1.92 bits per heavy atom. The second-order valence-corrected chi connectivity index (χ2v) is 6.34. The van der Waals surface area contributed by atoms with Crippen molar-refractivity contribution in [1.29, 1.82) is 0 Å². The number of aryl methyl sites for hydroxylation is 1. The van der Waals surface area contributed by atoms with Crippen LogP contribution < -0.4 is 5.73 Å². The predicted molar refractivity (Wildman–Crippen MR) is 89.2 cm³/mol. The molecule has 9 heteroatoms. The van der Waals surface area contributed by atoms with Crippen molar-refractivity contribution in [3.8, 4) is 0 Å². The van der Waals surface area contributed by atoms with Crippen LogP contribution in [-0.2, 0) is 9.53 Å². The van der Waals surface area contributed by atoms with Crippen LogP contribution in [0.25, 0.3) is 0 Å². The van der Waals surface area contributed by atoms with Gasteiger partial charge >= 0.3 is 5.97 Å². The third kappa shape index (κ3) is 3.50. The summed E-state index contributed by atoms with van der Waals surface area (Å²) in [6, 6.07) is 0. The number of hydrogen-bond donors (Lipinski definition) is 1. The molecule has 0 amide bonds. The molecule has 1 aromatic rings. The van der Waals surface area contributed by atoms with Gasteiger partial charge in [0.25, 0.3) is 0 Å². The number of Topliss-reactive ketones (excluding diaryl/α,β-unsaturated/α-hetero) is 1. The first-order valence-corrected chi connectivity index (χ1v) is 8.20. The average Bonchev–Trinajstić information content (AvgIpc) is 3.22. The maximum absolute atomic E-state index is 13.3. The van der Waals surface area contributed by atoms with Gasteiger partial charge in [0.15, 0.2) is 0 Å². The largest absolute Gasteiger partial charge is 0.462 e. The minimum absolute atomic E-state index is 0.0267. The van der Waals surface area contributed by atoms with Gasteiger partial charge in [-0.3, -0.25) is 4.79 Å². The van der Waals surface area contributed by atoms with Gasteiger partial charge in [-0.15, -0.1) is 0 Å². The number of nitrogens with zero attached hydrogens (tertiary/aromatic N) is 1. The first-order valence-electron chi connectivity index (χ1n) is 7.07. The van der Waals surface area contributed by atoms with E-state index in [1.54, 1.807) is 6.92 Å². The van der Waals surface area contributed by atoms with Crippen LogP contribution in [-0.4, -0.2) is 29.5 Å². The Labute approximate surface area is 152 Å². The molecule has 1 aromatic heterocycles. The number of carbonyl (C=O) groups excluding carboxylic acids is 2. The van der Waals surface area contributed by atoms with Gasteiger partial charge < -0.3 is 10.5 Å². The molecule has 0 saturated heterocycles. The molecule has 0 aliphatic heterocycles. The van der Waals surface area contributed by atoms with Crippen molar-refractivity contribution in [3.63, 3.8) is 0 Å². The molecule has 1 fully saturated rings. The van der Waals surface area contributed by atoms with E-state index in [0.717, 1.165) is 0 Å². The van der Waals surface area contributed by atoms with Crippen LogP contribution in [0, 0.1) is 12.8 Å². The van der Waals surface area contributed by atoms with Gasteiger partial charge in [0.1, 0.15) is 16.9 Å². The number of ketones is 1. The molecule has 2 N–H and O–H groups in total. The molecular formula is C15H14Cl3FN2O3. The van der Waals surface area contributed by atoms with Crippen molar-refractivity contribution in [2.75, 3.05) is 6.61 Å². The summed E-state index contributed by atoms with van der Waals surface area (Å²) in [6.45, 7) is 3.08. The van der Waals surface area contributed by atoms with Crippen molar-refractivity contribution >= 4 is 46.6 Å². The van der Waals surface area contributed by atoms with E-state index >= 15 is 0 Å². The third-order valence-corrected chi connectivity index (χ3v) is 4.77. The number of esters is 1. The molecule has 5 nitrogen and oxygen atoms in total. The Morgan fingerprint density at radius 3 is 2.42 bits per heavy atom. The maximum atomic E-state index is 13.3. The summed E-state index contributed by atoms with van der Waals surface area (Å²) in [5, 5.41) is -0.346. The number of nitrogens with two attached hydrogens (primary N) is 1. The number of ether oxygens (including phenoxy) is 1. The Morgan fingerprint density at radius 1 is 1.33 bits per heavy atom. The molecule has 0 bridgehead atoms. The number of aromatic nitrogens is 1. The van der Waals surface area contributed by atoms with Gasteiger partial charge in [0.05, 0.1) is 27.9 Å². The maximum Gasteiger partial charge on any atom is 0.343 e. The van der Waals surface area contributed by atoms with Gasteiger partial charge in [-0.05, 0) is 20.3 Å². The lowest BCUT2D eigenvalue weighted by molar-refractivity contribution is -0.138. The SMILES string of the molecule is CCOC(=O)C(C(=O)c1c(C)nc(Cl)c(Cl)c1Cl)=C(N)[C@H]1C[C@@H]1F. The summed E-state index contributed by atoms with van der Waals surface area (Å²) in [4.78, 5) is 29.0. The smallest absolute Gasteiger partial charge is 0.343 e. The quantitative estimate of drug-likeness (QED) is 0.205. The first kappa shape index (κ1) is 19.0. The Bertz CT molecular complexity index is 752. The molecule has 130 valence electrons. The molecule has 0 spiro atoms. The second kappa shape index (κ2) is 7.25. The topological polar surface area (TPSA) is 82.3 Å². The van der Waals surface area contributed by atoms with Crippen LogP contribution in [0.5, 0.6) is 0 Å². The minimum Gasteiger partial charge on any atom is -0.462 e. The fourth-order valence-corrected chi connectivity index (χ4v) is 2.93. The summed E-state index contributed by atoms with van der Waals surface area (Å²) in [5.74, 6) is -2.46. The van der Waals surface area contributed by atoms with Crippen molar-refractivity contribution < 1.29 is 18.7 Å². The van der Waals surface area contributed by atoms with Crippen molar-refractivity contribution in [2.45, 2.75) is 26.4 Å². The highest BCUT2D eigenvalue weighted by Gasteiger charge is 2.43. The summed E-state index contributed by atoms with van der Waals surface area (Å²) >= 11 is 17.8. The van der Waals surface area contributed by atoms with Crippen molar-refractivity contribution in [2.24, 2.45) is 11.7 Å². The van der Waals surface area contributed by atoms with E-state index in [1.165, 1.54) is 6.92 Å². The highest BCUT2D eigenvalue weighted by atomic mass is 35.5. The van der Waals surface area contributed by atoms with E-state index in [0.29, 0.717) is 0 Å². The van der Waals surface area contributed by atoms with Gasteiger partial charge in [-0.2, -0.15) is 0 Å². The van der Waals surface area contributed by atoms with Crippen molar-refractivity contribution in [3.05, 3.63) is 37.7 Å². The number of alkyl halides is 1. The molecule has 0 radical (unpaired) electrons. The number of halogens is 4. The van der Waals surface area contributed by atoms with E-state index in [9.17, 15) is 14.0 Å². The van der Waals surface area contributed by atoms with Crippen LogP contribution in [0.15, 0.2) is 11.3 Å². The molecule has 1 aliphatic carbocycles. The molecule has 24 heavy (non-hydrogen) atoms. The van der Waals surface area contributed by atoms with E-state index in [4.69, 9.17) is 45.3 Å². The van der Waals surface area contributed by atoms with Crippen molar-refractivity contribution in [1.82, 2.24) is 4.98 Å².